The normalized spacial score (nSPS) is 11.1. The highest BCUT2D eigenvalue weighted by molar-refractivity contribution is 7.19. The number of nitrogens with zero attached hydrogens (tertiary/aromatic N) is 1. The molecular weight excluding hydrogens is 198 g/mol. The first-order valence-corrected chi connectivity index (χ1v) is 4.84. The predicted molar refractivity (Wildman–Crippen MR) is 56.3 cm³/mol. The number of para-hydroxylation sites is 1. The van der Waals surface area contributed by atoms with Crippen molar-refractivity contribution in [1.82, 2.24) is 4.98 Å². The fourth-order valence-electron chi connectivity index (χ4n) is 1.10. The van der Waals surface area contributed by atoms with Crippen molar-refractivity contribution in [3.63, 3.8) is 0 Å². The molecule has 4 heteroatoms. The van der Waals surface area contributed by atoms with Gasteiger partial charge >= 0.3 is 5.97 Å². The fraction of sp³-hybridized carbons (Fsp3) is 0. The molecule has 0 aliphatic rings. The van der Waals surface area contributed by atoms with E-state index in [4.69, 9.17) is 5.11 Å². The van der Waals surface area contributed by atoms with E-state index in [0.717, 1.165) is 16.3 Å². The molecule has 0 atom stereocenters. The van der Waals surface area contributed by atoms with E-state index in [1.54, 1.807) is 0 Å². The molecule has 0 bridgehead atoms. The number of carboxylic acid groups (broad SMARTS) is 1. The third-order valence-electron chi connectivity index (χ3n) is 1.68. The Morgan fingerprint density at radius 2 is 2.21 bits per heavy atom. The van der Waals surface area contributed by atoms with Gasteiger partial charge in [0.2, 0.25) is 0 Å². The lowest BCUT2D eigenvalue weighted by Gasteiger charge is -1.80. The maximum atomic E-state index is 10.3. The van der Waals surface area contributed by atoms with E-state index < -0.39 is 5.97 Å². The molecule has 14 heavy (non-hydrogen) atoms. The molecule has 0 saturated carbocycles. The molecule has 3 nitrogen and oxygen atoms in total. The molecule has 0 radical (unpaired) electrons. The minimum atomic E-state index is -0.954. The molecule has 1 N–H and O–H groups in total. The topological polar surface area (TPSA) is 50.2 Å². The highest BCUT2D eigenvalue weighted by Crippen LogP contribution is 2.22. The van der Waals surface area contributed by atoms with Crippen LogP contribution in [0.3, 0.4) is 0 Å². The number of carbonyl (C=O) groups is 1. The van der Waals surface area contributed by atoms with Gasteiger partial charge in [0, 0.05) is 6.08 Å². The van der Waals surface area contributed by atoms with Gasteiger partial charge in [-0.1, -0.05) is 12.1 Å². The number of hydrogen-bond acceptors (Lipinski definition) is 3. The summed E-state index contributed by atoms with van der Waals surface area (Å²) in [7, 11) is 0. The molecule has 0 spiro atoms. The van der Waals surface area contributed by atoms with Gasteiger partial charge in [0.25, 0.3) is 0 Å². The largest absolute Gasteiger partial charge is 0.478 e. The Morgan fingerprint density at radius 3 is 2.93 bits per heavy atom. The van der Waals surface area contributed by atoms with Crippen molar-refractivity contribution >= 4 is 33.6 Å². The van der Waals surface area contributed by atoms with Crippen molar-refractivity contribution in [2.45, 2.75) is 0 Å². The highest BCUT2D eigenvalue weighted by Gasteiger charge is 1.99. The monoisotopic (exact) mass is 205 g/mol. The average Bonchev–Trinajstić information content (AvgIpc) is 2.57. The molecule has 2 aromatic rings. The lowest BCUT2D eigenvalue weighted by Crippen LogP contribution is -1.84. The summed E-state index contributed by atoms with van der Waals surface area (Å²) in [6.07, 6.45) is 2.60. The van der Waals surface area contributed by atoms with Crippen LogP contribution in [0.25, 0.3) is 16.3 Å². The van der Waals surface area contributed by atoms with Crippen molar-refractivity contribution < 1.29 is 9.90 Å². The maximum Gasteiger partial charge on any atom is 0.328 e. The van der Waals surface area contributed by atoms with Crippen LogP contribution in [0.2, 0.25) is 0 Å². The van der Waals surface area contributed by atoms with Crippen LogP contribution in [0.4, 0.5) is 0 Å². The molecule has 0 aliphatic carbocycles. The van der Waals surface area contributed by atoms with Crippen LogP contribution in [0.15, 0.2) is 30.3 Å². The van der Waals surface area contributed by atoms with Crippen LogP contribution >= 0.6 is 11.3 Å². The second-order valence-corrected chi connectivity index (χ2v) is 3.75. The molecule has 1 aromatic heterocycles. The Kier molecular flexibility index (Phi) is 2.28. The van der Waals surface area contributed by atoms with Crippen molar-refractivity contribution in [3.8, 4) is 0 Å². The van der Waals surface area contributed by atoms with E-state index in [2.05, 4.69) is 4.98 Å². The zero-order chi connectivity index (χ0) is 9.97. The number of aromatic nitrogens is 1. The van der Waals surface area contributed by atoms with Crippen LogP contribution in [0.1, 0.15) is 5.01 Å². The second-order valence-electron chi connectivity index (χ2n) is 2.69. The minimum Gasteiger partial charge on any atom is -0.478 e. The van der Waals surface area contributed by atoms with Gasteiger partial charge < -0.3 is 5.11 Å². The smallest absolute Gasteiger partial charge is 0.328 e. The minimum absolute atomic E-state index is 0.716. The zero-order valence-electron chi connectivity index (χ0n) is 7.18. The van der Waals surface area contributed by atoms with Crippen LogP contribution in [0, 0.1) is 0 Å². The van der Waals surface area contributed by atoms with Crippen molar-refractivity contribution in [1.29, 1.82) is 0 Å². The number of carboxylic acids is 1. The summed E-state index contributed by atoms with van der Waals surface area (Å²) in [5.41, 5.74) is 0.905. The Hall–Kier alpha value is -1.68. The molecule has 0 unspecified atom stereocenters. The third kappa shape index (κ3) is 1.80. The average molecular weight is 205 g/mol. The van der Waals surface area contributed by atoms with Gasteiger partial charge in [0.1, 0.15) is 5.01 Å². The van der Waals surface area contributed by atoms with E-state index in [-0.39, 0.29) is 0 Å². The predicted octanol–water partition coefficient (Wildman–Crippen LogP) is 2.39. The second kappa shape index (κ2) is 3.59. The van der Waals surface area contributed by atoms with Crippen molar-refractivity contribution in [2.75, 3.05) is 0 Å². The van der Waals surface area contributed by atoms with Crippen LogP contribution < -0.4 is 0 Å². The first-order valence-electron chi connectivity index (χ1n) is 4.02. The molecule has 0 amide bonds. The third-order valence-corrected chi connectivity index (χ3v) is 2.68. The van der Waals surface area contributed by atoms with E-state index in [9.17, 15) is 4.79 Å². The van der Waals surface area contributed by atoms with Crippen LogP contribution in [0.5, 0.6) is 0 Å². The van der Waals surface area contributed by atoms with Gasteiger partial charge in [-0.3, -0.25) is 0 Å². The number of rotatable bonds is 2. The lowest BCUT2D eigenvalue weighted by molar-refractivity contribution is -0.131. The number of fused-ring (bicyclic) bond motifs is 1. The van der Waals surface area contributed by atoms with E-state index >= 15 is 0 Å². The molecule has 70 valence electrons. The van der Waals surface area contributed by atoms with Gasteiger partial charge in [-0.2, -0.15) is 0 Å². The zero-order valence-corrected chi connectivity index (χ0v) is 7.99. The molecule has 0 saturated heterocycles. The number of hydrogen-bond donors (Lipinski definition) is 1. The Labute approximate surface area is 84.3 Å². The molecule has 0 fully saturated rings. The molecular formula is C10H7NO2S. The van der Waals surface area contributed by atoms with Crippen molar-refractivity contribution in [3.05, 3.63) is 35.3 Å². The van der Waals surface area contributed by atoms with E-state index in [1.807, 2.05) is 24.3 Å². The van der Waals surface area contributed by atoms with Gasteiger partial charge in [0.05, 0.1) is 10.2 Å². The molecule has 0 aliphatic heterocycles. The van der Waals surface area contributed by atoms with Gasteiger partial charge in [0.15, 0.2) is 0 Å². The first-order chi connectivity index (χ1) is 6.75. The van der Waals surface area contributed by atoms with Crippen molar-refractivity contribution in [2.24, 2.45) is 0 Å². The summed E-state index contributed by atoms with van der Waals surface area (Å²) in [6, 6.07) is 7.72. The SMILES string of the molecule is O=C(O)C=Cc1nc2ccccc2s1. The summed E-state index contributed by atoms with van der Waals surface area (Å²) in [5, 5.41) is 9.16. The summed E-state index contributed by atoms with van der Waals surface area (Å²) >= 11 is 1.48. The van der Waals surface area contributed by atoms with Gasteiger partial charge in [-0.05, 0) is 18.2 Å². The maximum absolute atomic E-state index is 10.3. The standard InChI is InChI=1S/C10H7NO2S/c12-10(13)6-5-9-11-7-3-1-2-4-8(7)14-9/h1-6H,(H,12,13). The van der Waals surface area contributed by atoms with Crippen LogP contribution in [-0.4, -0.2) is 16.1 Å². The molecule has 2 rings (SSSR count). The molecule has 1 aromatic carbocycles. The number of aliphatic carboxylic acids is 1. The quantitative estimate of drug-likeness (QED) is 0.766. The summed E-state index contributed by atoms with van der Waals surface area (Å²) < 4.78 is 1.07. The van der Waals surface area contributed by atoms with Gasteiger partial charge in [-0.25, -0.2) is 9.78 Å². The number of thiazole rings is 1. The summed E-state index contributed by atoms with van der Waals surface area (Å²) in [5.74, 6) is -0.954. The Balaban J connectivity index is 2.40. The summed E-state index contributed by atoms with van der Waals surface area (Å²) in [6.45, 7) is 0. The Morgan fingerprint density at radius 1 is 1.43 bits per heavy atom. The first kappa shape index (κ1) is 8.90. The van der Waals surface area contributed by atoms with E-state index in [0.29, 0.717) is 5.01 Å². The van der Waals surface area contributed by atoms with Gasteiger partial charge in [-0.15, -0.1) is 11.3 Å². The highest BCUT2D eigenvalue weighted by atomic mass is 32.1. The fourth-order valence-corrected chi connectivity index (χ4v) is 1.97. The van der Waals surface area contributed by atoms with E-state index in [1.165, 1.54) is 17.4 Å². The molecule has 1 heterocycles. The van der Waals surface area contributed by atoms with Crippen LogP contribution in [-0.2, 0) is 4.79 Å². The summed E-state index contributed by atoms with van der Waals surface area (Å²) in [4.78, 5) is 14.5. The lowest BCUT2D eigenvalue weighted by atomic mass is 10.3. The Bertz CT molecular complexity index is 469. The number of benzene rings is 1.